The lowest BCUT2D eigenvalue weighted by Gasteiger charge is -2.29. The topological polar surface area (TPSA) is 100 Å². The number of hydrogen-bond acceptors (Lipinski definition) is 6. The van der Waals surface area contributed by atoms with Gasteiger partial charge in [0, 0.05) is 19.1 Å². The molecule has 2 aromatic carbocycles. The molecule has 162 valence electrons. The summed E-state index contributed by atoms with van der Waals surface area (Å²) in [6, 6.07) is 17.3. The van der Waals surface area contributed by atoms with Crippen LogP contribution < -0.4 is 10.1 Å². The predicted molar refractivity (Wildman–Crippen MR) is 116 cm³/mol. The van der Waals surface area contributed by atoms with Gasteiger partial charge in [-0.3, -0.25) is 4.79 Å². The number of nitrogens with one attached hydrogen (secondary N) is 1. The lowest BCUT2D eigenvalue weighted by atomic mass is 10.0. The van der Waals surface area contributed by atoms with Crippen LogP contribution in [0.5, 0.6) is 5.75 Å². The Morgan fingerprint density at radius 1 is 1.16 bits per heavy atom. The molecule has 1 aliphatic heterocycles. The van der Waals surface area contributed by atoms with Gasteiger partial charge in [-0.05, 0) is 42.3 Å². The quantitative estimate of drug-likeness (QED) is 0.602. The molecule has 0 aromatic heterocycles. The second-order valence-corrected chi connectivity index (χ2v) is 6.93. The van der Waals surface area contributed by atoms with E-state index in [2.05, 4.69) is 10.4 Å². The number of hydrazone groups is 1. The standard InChI is InChI=1S/C23H25N3O5/c1-16(23(28)29)25-26-15-24-21(20(22(26)27)12-13-30-2)18-8-10-19(11-9-18)31-14-17-6-4-3-5-7-17/h3-11,24H,12-15H2,1-2H3,(H,28,29)/b25-16+. The van der Waals surface area contributed by atoms with Crippen molar-refractivity contribution in [3.05, 3.63) is 71.3 Å². The molecule has 0 fully saturated rings. The number of ether oxygens (including phenoxy) is 2. The maximum absolute atomic E-state index is 12.9. The number of methoxy groups -OCH3 is 1. The predicted octanol–water partition coefficient (Wildman–Crippen LogP) is 2.86. The minimum atomic E-state index is -1.17. The van der Waals surface area contributed by atoms with Gasteiger partial charge in [-0.2, -0.15) is 5.10 Å². The third kappa shape index (κ3) is 5.70. The molecule has 1 heterocycles. The van der Waals surface area contributed by atoms with Crippen molar-refractivity contribution in [2.75, 3.05) is 20.4 Å². The van der Waals surface area contributed by atoms with Crippen molar-refractivity contribution in [2.24, 2.45) is 5.10 Å². The first kappa shape index (κ1) is 22.0. The largest absolute Gasteiger partial charge is 0.489 e. The molecule has 2 N–H and O–H groups in total. The van der Waals surface area contributed by atoms with Gasteiger partial charge in [0.15, 0.2) is 0 Å². The fraction of sp³-hybridized carbons (Fsp3) is 0.261. The van der Waals surface area contributed by atoms with Crippen molar-refractivity contribution >= 4 is 23.3 Å². The van der Waals surface area contributed by atoms with Gasteiger partial charge < -0.3 is 19.9 Å². The Kier molecular flexibility index (Phi) is 7.40. The molecule has 31 heavy (non-hydrogen) atoms. The van der Waals surface area contributed by atoms with Crippen LogP contribution >= 0.6 is 0 Å². The molecule has 8 nitrogen and oxygen atoms in total. The molecular formula is C23H25N3O5. The zero-order valence-electron chi connectivity index (χ0n) is 17.5. The zero-order chi connectivity index (χ0) is 22.2. The minimum absolute atomic E-state index is 0.0710. The number of benzene rings is 2. The van der Waals surface area contributed by atoms with Crippen LogP contribution in [-0.4, -0.2) is 48.1 Å². The highest BCUT2D eigenvalue weighted by Gasteiger charge is 2.28. The maximum Gasteiger partial charge on any atom is 0.351 e. The van der Waals surface area contributed by atoms with Crippen molar-refractivity contribution in [3.63, 3.8) is 0 Å². The SMILES string of the molecule is COCCC1=C(c2ccc(OCc3ccccc3)cc2)NCN(/N=C(\C)C(=O)O)C1=O. The Morgan fingerprint density at radius 2 is 1.87 bits per heavy atom. The summed E-state index contributed by atoms with van der Waals surface area (Å²) < 4.78 is 11.0. The maximum atomic E-state index is 12.9. The molecule has 0 saturated carbocycles. The molecule has 0 unspecified atom stereocenters. The smallest absolute Gasteiger partial charge is 0.351 e. The summed E-state index contributed by atoms with van der Waals surface area (Å²) in [5.41, 5.74) is 2.90. The molecule has 0 bridgehead atoms. The number of carboxylic acid groups (broad SMARTS) is 1. The fourth-order valence-corrected chi connectivity index (χ4v) is 3.07. The summed E-state index contributed by atoms with van der Waals surface area (Å²) in [7, 11) is 1.56. The molecule has 0 spiro atoms. The van der Waals surface area contributed by atoms with Gasteiger partial charge in [-0.1, -0.05) is 30.3 Å². The summed E-state index contributed by atoms with van der Waals surface area (Å²) in [4.78, 5) is 24.0. The molecule has 3 rings (SSSR count). The number of amides is 1. The van der Waals surface area contributed by atoms with Gasteiger partial charge >= 0.3 is 5.97 Å². The highest BCUT2D eigenvalue weighted by molar-refractivity contribution is 6.34. The van der Waals surface area contributed by atoms with E-state index in [1.165, 1.54) is 6.92 Å². The second-order valence-electron chi connectivity index (χ2n) is 6.93. The van der Waals surface area contributed by atoms with Crippen LogP contribution in [0, 0.1) is 0 Å². The van der Waals surface area contributed by atoms with Crippen LogP contribution in [0.4, 0.5) is 0 Å². The van der Waals surface area contributed by atoms with E-state index in [9.17, 15) is 9.59 Å². The Balaban J connectivity index is 1.80. The number of carbonyl (C=O) groups excluding carboxylic acids is 1. The monoisotopic (exact) mass is 423 g/mol. The van der Waals surface area contributed by atoms with Gasteiger partial charge in [0.1, 0.15) is 24.7 Å². The normalized spacial score (nSPS) is 14.5. The van der Waals surface area contributed by atoms with Crippen LogP contribution in [0.15, 0.2) is 65.3 Å². The first-order valence-electron chi connectivity index (χ1n) is 9.83. The number of hydrogen-bond donors (Lipinski definition) is 2. The Bertz CT molecular complexity index is 984. The minimum Gasteiger partial charge on any atom is -0.489 e. The average molecular weight is 423 g/mol. The molecule has 1 amide bonds. The molecule has 0 aliphatic carbocycles. The number of aliphatic carboxylic acids is 1. The summed E-state index contributed by atoms with van der Waals surface area (Å²) >= 11 is 0. The van der Waals surface area contributed by atoms with Gasteiger partial charge in [0.2, 0.25) is 0 Å². The molecule has 0 radical (unpaired) electrons. The molecule has 0 saturated heterocycles. The molecule has 1 aliphatic rings. The van der Waals surface area contributed by atoms with E-state index in [1.54, 1.807) is 7.11 Å². The van der Waals surface area contributed by atoms with Crippen molar-refractivity contribution < 1.29 is 24.2 Å². The first-order valence-corrected chi connectivity index (χ1v) is 9.83. The molecular weight excluding hydrogens is 398 g/mol. The van der Waals surface area contributed by atoms with Crippen molar-refractivity contribution in [1.29, 1.82) is 0 Å². The summed E-state index contributed by atoms with van der Waals surface area (Å²) in [5, 5.41) is 17.3. The van der Waals surface area contributed by atoms with E-state index in [0.29, 0.717) is 30.9 Å². The first-order chi connectivity index (χ1) is 15.0. The number of rotatable bonds is 9. The average Bonchev–Trinajstić information content (AvgIpc) is 2.79. The number of carboxylic acids is 1. The third-order valence-corrected chi connectivity index (χ3v) is 4.73. The van der Waals surface area contributed by atoms with Crippen LogP contribution in [0.2, 0.25) is 0 Å². The van der Waals surface area contributed by atoms with Crippen molar-refractivity contribution in [1.82, 2.24) is 10.3 Å². The van der Waals surface area contributed by atoms with E-state index in [0.717, 1.165) is 21.9 Å². The Labute approximate surface area is 180 Å². The van der Waals surface area contributed by atoms with Gasteiger partial charge in [-0.15, -0.1) is 0 Å². The van der Waals surface area contributed by atoms with E-state index in [-0.39, 0.29) is 18.3 Å². The van der Waals surface area contributed by atoms with Crippen molar-refractivity contribution in [3.8, 4) is 5.75 Å². The van der Waals surface area contributed by atoms with Gasteiger partial charge in [-0.25, -0.2) is 9.80 Å². The lowest BCUT2D eigenvalue weighted by Crippen LogP contribution is -2.42. The third-order valence-electron chi connectivity index (χ3n) is 4.73. The molecule has 8 heteroatoms. The lowest BCUT2D eigenvalue weighted by molar-refractivity contribution is -0.129. The zero-order valence-corrected chi connectivity index (χ0v) is 17.5. The Morgan fingerprint density at radius 3 is 2.52 bits per heavy atom. The summed E-state index contributed by atoms with van der Waals surface area (Å²) in [6.07, 6.45) is 0.363. The summed E-state index contributed by atoms with van der Waals surface area (Å²) in [5.74, 6) is -0.806. The van der Waals surface area contributed by atoms with Gasteiger partial charge in [0.25, 0.3) is 5.91 Å². The van der Waals surface area contributed by atoms with Crippen LogP contribution in [0.25, 0.3) is 5.70 Å². The van der Waals surface area contributed by atoms with Crippen LogP contribution in [-0.2, 0) is 20.9 Å². The van der Waals surface area contributed by atoms with Crippen molar-refractivity contribution in [2.45, 2.75) is 20.0 Å². The molecule has 2 aromatic rings. The van der Waals surface area contributed by atoms with Crippen LogP contribution in [0.3, 0.4) is 0 Å². The molecule has 0 atom stereocenters. The van der Waals surface area contributed by atoms with E-state index in [1.807, 2.05) is 54.6 Å². The summed E-state index contributed by atoms with van der Waals surface area (Å²) in [6.45, 7) is 2.23. The highest BCUT2D eigenvalue weighted by Crippen LogP contribution is 2.26. The highest BCUT2D eigenvalue weighted by atomic mass is 16.5. The van der Waals surface area contributed by atoms with Crippen LogP contribution in [0.1, 0.15) is 24.5 Å². The van der Waals surface area contributed by atoms with E-state index >= 15 is 0 Å². The number of carbonyl (C=O) groups is 2. The fourth-order valence-electron chi connectivity index (χ4n) is 3.07. The van der Waals surface area contributed by atoms with E-state index in [4.69, 9.17) is 14.6 Å². The Hall–Kier alpha value is -3.65. The van der Waals surface area contributed by atoms with E-state index < -0.39 is 5.97 Å². The second kappa shape index (κ2) is 10.4. The number of nitrogens with zero attached hydrogens (tertiary/aromatic N) is 2. The van der Waals surface area contributed by atoms with Gasteiger partial charge in [0.05, 0.1) is 12.3 Å².